The molecule has 1 N–H and O–H groups in total. The van der Waals surface area contributed by atoms with Gasteiger partial charge in [-0.15, -0.1) is 24.0 Å². The Morgan fingerprint density at radius 1 is 1.17 bits per heavy atom. The van der Waals surface area contributed by atoms with Crippen molar-refractivity contribution < 1.29 is 0 Å². The Morgan fingerprint density at radius 3 is 2.33 bits per heavy atom. The van der Waals surface area contributed by atoms with E-state index in [2.05, 4.69) is 58.5 Å². The third-order valence-electron chi connectivity index (χ3n) is 5.34. The van der Waals surface area contributed by atoms with Gasteiger partial charge in [0.15, 0.2) is 5.96 Å². The fourth-order valence-corrected chi connectivity index (χ4v) is 3.84. The van der Waals surface area contributed by atoms with Crippen molar-refractivity contribution >= 4 is 29.9 Å². The first-order valence-electron chi connectivity index (χ1n) is 8.78. The van der Waals surface area contributed by atoms with E-state index < -0.39 is 0 Å². The number of hydrogen-bond acceptors (Lipinski definition) is 2. The van der Waals surface area contributed by atoms with E-state index in [1.54, 1.807) is 0 Å². The summed E-state index contributed by atoms with van der Waals surface area (Å²) in [6.07, 6.45) is 5.58. The number of guanidine groups is 1. The number of aliphatic imine (C=N–C) groups is 1. The molecule has 0 aromatic heterocycles. The Balaban J connectivity index is 0.00000208. The van der Waals surface area contributed by atoms with E-state index in [0.717, 1.165) is 25.6 Å². The van der Waals surface area contributed by atoms with Crippen molar-refractivity contribution in [3.63, 3.8) is 0 Å². The van der Waals surface area contributed by atoms with Gasteiger partial charge in [0.2, 0.25) is 0 Å². The lowest BCUT2D eigenvalue weighted by molar-refractivity contribution is 0.151. The van der Waals surface area contributed by atoms with Gasteiger partial charge in [0, 0.05) is 33.2 Å². The number of halogens is 1. The van der Waals surface area contributed by atoms with Crippen LogP contribution in [0, 0.1) is 5.41 Å². The first-order chi connectivity index (χ1) is 11.1. The third kappa shape index (κ3) is 4.63. The zero-order valence-corrected chi connectivity index (χ0v) is 17.5. The smallest absolute Gasteiger partial charge is 0.193 e. The standard InChI is InChI=1S/C19H30N4.HI/c1-20-18(23-12-11-19(15-23)9-4-10-19)21-13-16-5-7-17(8-6-16)14-22(2)3;/h5-8H,4,9-15H2,1-3H3,(H,20,21);1H. The van der Waals surface area contributed by atoms with Crippen LogP contribution in [0.25, 0.3) is 0 Å². The summed E-state index contributed by atoms with van der Waals surface area (Å²) >= 11 is 0. The molecule has 2 aliphatic rings. The number of likely N-dealkylation sites (tertiary alicyclic amines) is 1. The molecule has 3 rings (SSSR count). The molecule has 1 aromatic carbocycles. The van der Waals surface area contributed by atoms with E-state index in [9.17, 15) is 0 Å². The summed E-state index contributed by atoms with van der Waals surface area (Å²) < 4.78 is 0. The Kier molecular flexibility index (Phi) is 6.92. The lowest BCUT2D eigenvalue weighted by Gasteiger charge is -2.38. The van der Waals surface area contributed by atoms with Crippen molar-refractivity contribution in [1.29, 1.82) is 0 Å². The molecule has 1 spiro atoms. The van der Waals surface area contributed by atoms with E-state index >= 15 is 0 Å². The van der Waals surface area contributed by atoms with E-state index in [1.165, 1.54) is 43.4 Å². The predicted molar refractivity (Wildman–Crippen MR) is 112 cm³/mol. The largest absolute Gasteiger partial charge is 0.352 e. The number of rotatable bonds is 4. The van der Waals surface area contributed by atoms with E-state index in [4.69, 9.17) is 0 Å². The molecule has 5 heteroatoms. The second-order valence-electron chi connectivity index (χ2n) is 7.48. The predicted octanol–water partition coefficient (Wildman–Crippen LogP) is 3.32. The second-order valence-corrected chi connectivity index (χ2v) is 7.48. The zero-order valence-electron chi connectivity index (χ0n) is 15.2. The number of nitrogens with zero attached hydrogens (tertiary/aromatic N) is 3. The van der Waals surface area contributed by atoms with Crippen molar-refractivity contribution in [2.24, 2.45) is 10.4 Å². The molecule has 0 amide bonds. The van der Waals surface area contributed by atoms with Crippen LogP contribution in [0.4, 0.5) is 0 Å². The highest BCUT2D eigenvalue weighted by atomic mass is 127. The summed E-state index contributed by atoms with van der Waals surface area (Å²) in [5, 5.41) is 3.54. The second kappa shape index (κ2) is 8.52. The molecule has 134 valence electrons. The van der Waals surface area contributed by atoms with Crippen LogP contribution in [0.3, 0.4) is 0 Å². The normalized spacial score (nSPS) is 19.3. The molecular weight excluding hydrogens is 411 g/mol. The van der Waals surface area contributed by atoms with Crippen LogP contribution in [0.1, 0.15) is 36.8 Å². The molecule has 0 atom stereocenters. The maximum Gasteiger partial charge on any atom is 0.193 e. The van der Waals surface area contributed by atoms with Crippen molar-refractivity contribution in [2.75, 3.05) is 34.2 Å². The Hall–Kier alpha value is -0.820. The van der Waals surface area contributed by atoms with Gasteiger partial charge in [-0.1, -0.05) is 30.7 Å². The minimum absolute atomic E-state index is 0. The van der Waals surface area contributed by atoms with Gasteiger partial charge in [-0.25, -0.2) is 0 Å². The third-order valence-corrected chi connectivity index (χ3v) is 5.34. The molecule has 1 saturated carbocycles. The minimum Gasteiger partial charge on any atom is -0.352 e. The van der Waals surface area contributed by atoms with Gasteiger partial charge < -0.3 is 15.1 Å². The average molecular weight is 442 g/mol. The van der Waals surface area contributed by atoms with Gasteiger partial charge in [-0.05, 0) is 49.9 Å². The van der Waals surface area contributed by atoms with Gasteiger partial charge in [0.05, 0.1) is 0 Å². The highest BCUT2D eigenvalue weighted by Crippen LogP contribution is 2.47. The summed E-state index contributed by atoms with van der Waals surface area (Å²) in [6.45, 7) is 4.18. The highest BCUT2D eigenvalue weighted by Gasteiger charge is 2.43. The first kappa shape index (κ1) is 19.5. The van der Waals surface area contributed by atoms with Gasteiger partial charge in [0.1, 0.15) is 0 Å². The Bertz CT molecular complexity index is 549. The molecule has 24 heavy (non-hydrogen) atoms. The molecule has 0 unspecified atom stereocenters. The summed E-state index contributed by atoms with van der Waals surface area (Å²) in [5.41, 5.74) is 3.28. The monoisotopic (exact) mass is 442 g/mol. The fraction of sp³-hybridized carbons (Fsp3) is 0.632. The maximum atomic E-state index is 4.49. The zero-order chi connectivity index (χ0) is 16.3. The Labute approximate surface area is 163 Å². The van der Waals surface area contributed by atoms with Crippen LogP contribution in [-0.2, 0) is 13.1 Å². The topological polar surface area (TPSA) is 30.9 Å². The lowest BCUT2D eigenvalue weighted by atomic mass is 9.68. The van der Waals surface area contributed by atoms with Crippen LogP contribution in [0.5, 0.6) is 0 Å². The van der Waals surface area contributed by atoms with Crippen LogP contribution in [0.2, 0.25) is 0 Å². The molecule has 0 radical (unpaired) electrons. The molecular formula is C19H31IN4. The molecule has 1 heterocycles. The van der Waals surface area contributed by atoms with Gasteiger partial charge in [-0.2, -0.15) is 0 Å². The van der Waals surface area contributed by atoms with Crippen LogP contribution in [0.15, 0.2) is 29.3 Å². The molecule has 1 aromatic rings. The van der Waals surface area contributed by atoms with Gasteiger partial charge >= 0.3 is 0 Å². The van der Waals surface area contributed by atoms with E-state index in [1.807, 2.05) is 7.05 Å². The maximum absolute atomic E-state index is 4.49. The first-order valence-corrected chi connectivity index (χ1v) is 8.78. The van der Waals surface area contributed by atoms with Crippen molar-refractivity contribution in [2.45, 2.75) is 38.8 Å². The molecule has 2 fully saturated rings. The van der Waals surface area contributed by atoms with Crippen LogP contribution >= 0.6 is 24.0 Å². The van der Waals surface area contributed by atoms with Crippen LogP contribution < -0.4 is 5.32 Å². The van der Waals surface area contributed by atoms with Crippen LogP contribution in [-0.4, -0.2) is 50.0 Å². The molecule has 4 nitrogen and oxygen atoms in total. The number of hydrogen-bond donors (Lipinski definition) is 1. The summed E-state index contributed by atoms with van der Waals surface area (Å²) in [6, 6.07) is 8.88. The van der Waals surface area contributed by atoms with Crippen molar-refractivity contribution in [3.8, 4) is 0 Å². The number of benzene rings is 1. The Morgan fingerprint density at radius 2 is 1.83 bits per heavy atom. The average Bonchev–Trinajstić information content (AvgIpc) is 2.95. The lowest BCUT2D eigenvalue weighted by Crippen LogP contribution is -2.42. The quantitative estimate of drug-likeness (QED) is 0.441. The minimum atomic E-state index is 0. The van der Waals surface area contributed by atoms with E-state index in [0.29, 0.717) is 5.41 Å². The molecule has 0 bridgehead atoms. The summed E-state index contributed by atoms with van der Waals surface area (Å²) in [7, 11) is 6.10. The molecule has 1 aliphatic heterocycles. The SMILES string of the molecule is CN=C(NCc1ccc(CN(C)C)cc1)N1CCC2(CCC2)C1.I. The van der Waals surface area contributed by atoms with Crippen molar-refractivity contribution in [1.82, 2.24) is 15.1 Å². The number of nitrogens with one attached hydrogen (secondary N) is 1. The van der Waals surface area contributed by atoms with Gasteiger partial charge in [0.25, 0.3) is 0 Å². The van der Waals surface area contributed by atoms with Gasteiger partial charge in [-0.3, -0.25) is 4.99 Å². The molecule has 1 aliphatic carbocycles. The summed E-state index contributed by atoms with van der Waals surface area (Å²) in [5.74, 6) is 1.06. The summed E-state index contributed by atoms with van der Waals surface area (Å²) in [4.78, 5) is 9.13. The fourth-order valence-electron chi connectivity index (χ4n) is 3.84. The van der Waals surface area contributed by atoms with Crippen molar-refractivity contribution in [3.05, 3.63) is 35.4 Å². The molecule has 1 saturated heterocycles. The highest BCUT2D eigenvalue weighted by molar-refractivity contribution is 14.0. The van der Waals surface area contributed by atoms with E-state index in [-0.39, 0.29) is 24.0 Å².